The number of carbonyl (C=O) groups excluding carboxylic acids is 1. The lowest BCUT2D eigenvalue weighted by Crippen LogP contribution is -1.99. The van der Waals surface area contributed by atoms with E-state index in [0.29, 0.717) is 6.42 Å². The van der Waals surface area contributed by atoms with Crippen LogP contribution in [0.3, 0.4) is 0 Å². The van der Waals surface area contributed by atoms with Crippen molar-refractivity contribution in [2.75, 3.05) is 0 Å². The summed E-state index contributed by atoms with van der Waals surface area (Å²) in [6, 6.07) is 0. The van der Waals surface area contributed by atoms with Gasteiger partial charge in [-0.2, -0.15) is 0 Å². The first kappa shape index (κ1) is 9.97. The van der Waals surface area contributed by atoms with E-state index in [4.69, 9.17) is 0 Å². The minimum Gasteiger partial charge on any atom is -0.294 e. The molecule has 1 aliphatic carbocycles. The monoisotopic (exact) mass is 176 g/mol. The summed E-state index contributed by atoms with van der Waals surface area (Å²) in [4.78, 5) is 11.6. The number of ketones is 1. The number of Topliss-reactive ketones (excluding diaryl/α,β-unsaturated/α-hetero) is 1. The zero-order valence-corrected chi connectivity index (χ0v) is 8.12. The minimum absolute atomic E-state index is 0.279. The Bertz CT molecular complexity index is 256. The lowest BCUT2D eigenvalue weighted by molar-refractivity contribution is -0.115. The van der Waals surface area contributed by atoms with E-state index < -0.39 is 0 Å². The Morgan fingerprint density at radius 2 is 2.31 bits per heavy atom. The third-order valence-electron chi connectivity index (χ3n) is 2.08. The van der Waals surface area contributed by atoms with Crippen LogP contribution in [0.25, 0.3) is 0 Å². The van der Waals surface area contributed by atoms with E-state index in [2.05, 4.69) is 13.0 Å². The van der Waals surface area contributed by atoms with Crippen molar-refractivity contribution in [3.8, 4) is 0 Å². The van der Waals surface area contributed by atoms with Crippen molar-refractivity contribution in [2.45, 2.75) is 32.6 Å². The largest absolute Gasteiger partial charge is 0.294 e. The van der Waals surface area contributed by atoms with Crippen LogP contribution in [-0.2, 0) is 4.79 Å². The second-order valence-electron chi connectivity index (χ2n) is 3.21. The molecule has 0 atom stereocenters. The number of unbranched alkanes of at least 4 members (excludes halogenated alkanes) is 1. The van der Waals surface area contributed by atoms with Gasteiger partial charge in [-0.25, -0.2) is 0 Å². The molecule has 70 valence electrons. The van der Waals surface area contributed by atoms with E-state index in [9.17, 15) is 4.79 Å². The fourth-order valence-corrected chi connectivity index (χ4v) is 1.27. The van der Waals surface area contributed by atoms with Crippen molar-refractivity contribution in [3.05, 3.63) is 36.0 Å². The van der Waals surface area contributed by atoms with Crippen LogP contribution >= 0.6 is 0 Å². The molecule has 0 bridgehead atoms. The molecule has 0 saturated carbocycles. The normalized spacial score (nSPS) is 15.3. The maximum Gasteiger partial charge on any atom is 0.162 e. The van der Waals surface area contributed by atoms with E-state index in [-0.39, 0.29) is 5.78 Å². The molecule has 1 heteroatoms. The smallest absolute Gasteiger partial charge is 0.162 e. The number of hydrogen-bond acceptors (Lipinski definition) is 1. The Balaban J connectivity index is 2.51. The number of carbonyl (C=O) groups is 1. The topological polar surface area (TPSA) is 17.1 Å². The van der Waals surface area contributed by atoms with Crippen LogP contribution in [0.4, 0.5) is 0 Å². The second-order valence-corrected chi connectivity index (χ2v) is 3.21. The summed E-state index contributed by atoms with van der Waals surface area (Å²) >= 11 is 0. The average Bonchev–Trinajstić information content (AvgIpc) is 2.42. The second kappa shape index (κ2) is 5.52. The van der Waals surface area contributed by atoms with Gasteiger partial charge in [0.15, 0.2) is 5.78 Å². The van der Waals surface area contributed by atoms with Gasteiger partial charge in [-0.15, -0.1) is 0 Å². The Hall–Kier alpha value is -1.11. The molecule has 0 aromatic rings. The Kier molecular flexibility index (Phi) is 4.24. The molecule has 0 fully saturated rings. The molecular formula is C12H16O. The van der Waals surface area contributed by atoms with Crippen molar-refractivity contribution < 1.29 is 4.79 Å². The van der Waals surface area contributed by atoms with Gasteiger partial charge >= 0.3 is 0 Å². The van der Waals surface area contributed by atoms with Gasteiger partial charge in [-0.3, -0.25) is 4.79 Å². The third-order valence-corrected chi connectivity index (χ3v) is 2.08. The number of allylic oxidation sites excluding steroid dienone is 6. The summed E-state index contributed by atoms with van der Waals surface area (Å²) in [5.41, 5.74) is 0.874. The summed E-state index contributed by atoms with van der Waals surface area (Å²) in [6.45, 7) is 2.10. The highest BCUT2D eigenvalue weighted by Gasteiger charge is 2.05. The molecule has 1 aliphatic rings. The van der Waals surface area contributed by atoms with E-state index >= 15 is 0 Å². The highest BCUT2D eigenvalue weighted by molar-refractivity contribution is 5.98. The Morgan fingerprint density at radius 3 is 3.08 bits per heavy atom. The van der Waals surface area contributed by atoms with Crippen LogP contribution in [0.1, 0.15) is 32.6 Å². The predicted octanol–water partition coefficient (Wildman–Crippen LogP) is 3.19. The molecule has 0 aromatic heterocycles. The zero-order chi connectivity index (χ0) is 9.52. The van der Waals surface area contributed by atoms with Gasteiger partial charge in [0.25, 0.3) is 0 Å². The zero-order valence-electron chi connectivity index (χ0n) is 8.12. The van der Waals surface area contributed by atoms with Crippen molar-refractivity contribution in [2.24, 2.45) is 0 Å². The summed E-state index contributed by atoms with van der Waals surface area (Å²) in [5.74, 6) is 0.279. The van der Waals surface area contributed by atoms with Gasteiger partial charge in [-0.1, -0.05) is 43.7 Å². The quantitative estimate of drug-likeness (QED) is 0.643. The van der Waals surface area contributed by atoms with Crippen molar-refractivity contribution in [1.82, 2.24) is 0 Å². The van der Waals surface area contributed by atoms with Gasteiger partial charge < -0.3 is 0 Å². The van der Waals surface area contributed by atoms with Crippen molar-refractivity contribution in [1.29, 1.82) is 0 Å². The van der Waals surface area contributed by atoms with Crippen molar-refractivity contribution in [3.63, 3.8) is 0 Å². The third kappa shape index (κ3) is 3.41. The molecule has 1 rings (SSSR count). The molecule has 1 nitrogen and oxygen atoms in total. The predicted molar refractivity (Wildman–Crippen MR) is 55.5 cm³/mol. The summed E-state index contributed by atoms with van der Waals surface area (Å²) < 4.78 is 0. The molecule has 0 heterocycles. The molecule has 0 spiro atoms. The maximum atomic E-state index is 11.6. The minimum atomic E-state index is 0.279. The molecule has 0 aromatic carbocycles. The Morgan fingerprint density at radius 1 is 1.46 bits per heavy atom. The average molecular weight is 176 g/mol. The number of hydrogen-bond donors (Lipinski definition) is 0. The van der Waals surface area contributed by atoms with Gasteiger partial charge in [0.05, 0.1) is 0 Å². The van der Waals surface area contributed by atoms with Crippen LogP contribution < -0.4 is 0 Å². The highest BCUT2D eigenvalue weighted by atomic mass is 16.1. The maximum absolute atomic E-state index is 11.6. The molecule has 0 saturated heterocycles. The summed E-state index contributed by atoms with van der Waals surface area (Å²) in [6.07, 6.45) is 13.5. The fourth-order valence-electron chi connectivity index (χ4n) is 1.27. The van der Waals surface area contributed by atoms with Gasteiger partial charge in [0, 0.05) is 12.0 Å². The van der Waals surface area contributed by atoms with Gasteiger partial charge in [0.2, 0.25) is 0 Å². The molecule has 0 radical (unpaired) electrons. The lowest BCUT2D eigenvalue weighted by Gasteiger charge is -1.99. The molecule has 13 heavy (non-hydrogen) atoms. The van der Waals surface area contributed by atoms with Crippen LogP contribution in [-0.4, -0.2) is 5.78 Å². The van der Waals surface area contributed by atoms with Gasteiger partial charge in [0.1, 0.15) is 0 Å². The fraction of sp³-hybridized carbons (Fsp3) is 0.417. The highest BCUT2D eigenvalue weighted by Crippen LogP contribution is 2.10. The van der Waals surface area contributed by atoms with E-state index in [1.54, 1.807) is 0 Å². The Labute approximate surface area is 79.8 Å². The van der Waals surface area contributed by atoms with Gasteiger partial charge in [-0.05, 0) is 12.8 Å². The molecule has 0 amide bonds. The van der Waals surface area contributed by atoms with Crippen LogP contribution in [0.15, 0.2) is 36.0 Å². The first-order valence-corrected chi connectivity index (χ1v) is 4.91. The van der Waals surface area contributed by atoms with E-state index in [1.165, 1.54) is 0 Å². The number of rotatable bonds is 4. The summed E-state index contributed by atoms with van der Waals surface area (Å²) in [5, 5.41) is 0. The van der Waals surface area contributed by atoms with Crippen molar-refractivity contribution >= 4 is 5.78 Å². The van der Waals surface area contributed by atoms with Crippen LogP contribution in [0, 0.1) is 0 Å². The first-order chi connectivity index (χ1) is 6.34. The van der Waals surface area contributed by atoms with Crippen LogP contribution in [0.5, 0.6) is 0 Å². The van der Waals surface area contributed by atoms with Crippen LogP contribution in [0.2, 0.25) is 0 Å². The SMILES string of the molecule is CCCCC(=O)C1=CCC=CC=C1. The summed E-state index contributed by atoms with van der Waals surface area (Å²) in [7, 11) is 0. The molecular weight excluding hydrogens is 160 g/mol. The molecule has 0 N–H and O–H groups in total. The van der Waals surface area contributed by atoms with E-state index in [0.717, 1.165) is 24.8 Å². The standard InChI is InChI=1S/C12H16O/c1-2-3-10-12(13)11-8-6-4-5-7-9-11/h4-6,8-9H,2-3,7,10H2,1H3. The molecule has 0 unspecified atom stereocenters. The van der Waals surface area contributed by atoms with E-state index in [1.807, 2.05) is 24.3 Å². The lowest BCUT2D eigenvalue weighted by atomic mass is 10.1. The molecule has 0 aliphatic heterocycles. The first-order valence-electron chi connectivity index (χ1n) is 4.91.